The number of amides is 2. The highest BCUT2D eigenvalue weighted by molar-refractivity contribution is 5.92. The zero-order valence-electron chi connectivity index (χ0n) is 10.2. The van der Waals surface area contributed by atoms with E-state index in [-0.39, 0.29) is 6.03 Å². The molecule has 2 rings (SSSR count). The van der Waals surface area contributed by atoms with Crippen molar-refractivity contribution in [3.63, 3.8) is 0 Å². The third-order valence-electron chi connectivity index (χ3n) is 3.00. The standard InChI is InChI=1S/C13H19N3O/c1-2-16(12-6-4-3-5-7-12)13(17)15-10-8-14-9-11-15/h3-7,14H,2,8-11H2,1H3. The fourth-order valence-corrected chi connectivity index (χ4v) is 2.06. The molecule has 2 amide bonds. The van der Waals surface area contributed by atoms with Gasteiger partial charge in [0, 0.05) is 38.4 Å². The van der Waals surface area contributed by atoms with Crippen molar-refractivity contribution in [2.75, 3.05) is 37.6 Å². The molecule has 17 heavy (non-hydrogen) atoms. The molecule has 0 aliphatic carbocycles. The number of carbonyl (C=O) groups is 1. The van der Waals surface area contributed by atoms with Crippen LogP contribution in [-0.4, -0.2) is 43.7 Å². The quantitative estimate of drug-likeness (QED) is 0.841. The molecule has 0 bridgehead atoms. The van der Waals surface area contributed by atoms with Crippen LogP contribution in [0.2, 0.25) is 0 Å². The minimum Gasteiger partial charge on any atom is -0.322 e. The Kier molecular flexibility index (Phi) is 3.98. The summed E-state index contributed by atoms with van der Waals surface area (Å²) in [6.45, 7) is 6.07. The van der Waals surface area contributed by atoms with Crippen LogP contribution in [0.4, 0.5) is 10.5 Å². The molecule has 1 N–H and O–H groups in total. The van der Waals surface area contributed by atoms with Crippen LogP contribution < -0.4 is 10.2 Å². The summed E-state index contributed by atoms with van der Waals surface area (Å²) >= 11 is 0. The Hall–Kier alpha value is -1.55. The summed E-state index contributed by atoms with van der Waals surface area (Å²) in [7, 11) is 0. The van der Waals surface area contributed by atoms with Crippen molar-refractivity contribution in [3.8, 4) is 0 Å². The topological polar surface area (TPSA) is 35.6 Å². The summed E-state index contributed by atoms with van der Waals surface area (Å²) in [5.74, 6) is 0. The van der Waals surface area contributed by atoms with Gasteiger partial charge in [0.05, 0.1) is 0 Å². The molecule has 1 heterocycles. The predicted octanol–water partition coefficient (Wildman–Crippen LogP) is 1.54. The number of benzene rings is 1. The average molecular weight is 233 g/mol. The van der Waals surface area contributed by atoms with Gasteiger partial charge in [-0.05, 0) is 19.1 Å². The molecule has 1 aromatic carbocycles. The summed E-state index contributed by atoms with van der Waals surface area (Å²) in [4.78, 5) is 16.1. The molecule has 4 nitrogen and oxygen atoms in total. The second kappa shape index (κ2) is 5.68. The molecule has 0 saturated carbocycles. The second-order valence-electron chi connectivity index (χ2n) is 4.10. The molecule has 0 atom stereocenters. The van der Waals surface area contributed by atoms with E-state index < -0.39 is 0 Å². The van der Waals surface area contributed by atoms with Gasteiger partial charge < -0.3 is 10.2 Å². The lowest BCUT2D eigenvalue weighted by molar-refractivity contribution is 0.197. The maximum atomic E-state index is 12.4. The molecule has 0 radical (unpaired) electrons. The maximum absolute atomic E-state index is 12.4. The van der Waals surface area contributed by atoms with Crippen LogP contribution in [0.3, 0.4) is 0 Å². The molecule has 4 heteroatoms. The van der Waals surface area contributed by atoms with Crippen LogP contribution in [-0.2, 0) is 0 Å². The molecular formula is C13H19N3O. The molecule has 1 saturated heterocycles. The van der Waals surface area contributed by atoms with Gasteiger partial charge in [0.15, 0.2) is 0 Å². The Morgan fingerprint density at radius 2 is 1.94 bits per heavy atom. The lowest BCUT2D eigenvalue weighted by atomic mass is 10.3. The number of rotatable bonds is 2. The van der Waals surface area contributed by atoms with E-state index in [1.54, 1.807) is 0 Å². The van der Waals surface area contributed by atoms with E-state index in [0.717, 1.165) is 31.9 Å². The number of nitrogens with one attached hydrogen (secondary N) is 1. The van der Waals surface area contributed by atoms with Gasteiger partial charge in [0.25, 0.3) is 0 Å². The zero-order valence-corrected chi connectivity index (χ0v) is 10.2. The Bertz CT molecular complexity index is 360. The summed E-state index contributed by atoms with van der Waals surface area (Å²) < 4.78 is 0. The van der Waals surface area contributed by atoms with Gasteiger partial charge in [0.2, 0.25) is 0 Å². The number of piperazine rings is 1. The third kappa shape index (κ3) is 2.77. The van der Waals surface area contributed by atoms with Crippen molar-refractivity contribution >= 4 is 11.7 Å². The third-order valence-corrected chi connectivity index (χ3v) is 3.00. The van der Waals surface area contributed by atoms with Gasteiger partial charge in [-0.1, -0.05) is 18.2 Å². The Morgan fingerprint density at radius 3 is 2.53 bits per heavy atom. The highest BCUT2D eigenvalue weighted by atomic mass is 16.2. The first-order valence-corrected chi connectivity index (χ1v) is 6.15. The summed E-state index contributed by atoms with van der Waals surface area (Å²) in [5.41, 5.74) is 0.971. The monoisotopic (exact) mass is 233 g/mol. The first-order valence-electron chi connectivity index (χ1n) is 6.15. The van der Waals surface area contributed by atoms with Crippen molar-refractivity contribution in [3.05, 3.63) is 30.3 Å². The molecular weight excluding hydrogens is 214 g/mol. The highest BCUT2D eigenvalue weighted by Gasteiger charge is 2.22. The first-order chi connectivity index (χ1) is 8.33. The number of carbonyl (C=O) groups excluding carboxylic acids is 1. The average Bonchev–Trinajstić information content (AvgIpc) is 2.42. The number of hydrogen-bond acceptors (Lipinski definition) is 2. The Labute approximate surface area is 102 Å². The largest absolute Gasteiger partial charge is 0.324 e. The van der Waals surface area contributed by atoms with Gasteiger partial charge in [-0.15, -0.1) is 0 Å². The van der Waals surface area contributed by atoms with Crippen LogP contribution >= 0.6 is 0 Å². The first kappa shape index (κ1) is 11.9. The highest BCUT2D eigenvalue weighted by Crippen LogP contribution is 2.15. The summed E-state index contributed by atoms with van der Waals surface area (Å²) in [6.07, 6.45) is 0. The Morgan fingerprint density at radius 1 is 1.29 bits per heavy atom. The van der Waals surface area contributed by atoms with E-state index in [0.29, 0.717) is 6.54 Å². The minimum atomic E-state index is 0.111. The predicted molar refractivity (Wildman–Crippen MR) is 69.3 cm³/mol. The van der Waals surface area contributed by atoms with Crippen LogP contribution in [0.15, 0.2) is 30.3 Å². The SMILES string of the molecule is CCN(C(=O)N1CCNCC1)c1ccccc1. The van der Waals surface area contributed by atoms with E-state index in [1.165, 1.54) is 0 Å². The molecule has 0 unspecified atom stereocenters. The molecule has 1 fully saturated rings. The van der Waals surface area contributed by atoms with Crippen LogP contribution in [0.1, 0.15) is 6.92 Å². The van der Waals surface area contributed by atoms with Gasteiger partial charge >= 0.3 is 6.03 Å². The number of urea groups is 1. The normalized spacial score (nSPS) is 15.7. The van der Waals surface area contributed by atoms with Gasteiger partial charge in [0.1, 0.15) is 0 Å². The second-order valence-corrected chi connectivity index (χ2v) is 4.10. The van der Waals surface area contributed by atoms with Crippen molar-refractivity contribution in [2.45, 2.75) is 6.92 Å². The molecule has 1 aliphatic heterocycles. The Balaban J connectivity index is 2.10. The van der Waals surface area contributed by atoms with Crippen LogP contribution in [0.25, 0.3) is 0 Å². The molecule has 0 spiro atoms. The zero-order chi connectivity index (χ0) is 12.1. The molecule has 1 aliphatic rings. The number of anilines is 1. The molecule has 1 aromatic rings. The van der Waals surface area contributed by atoms with E-state index >= 15 is 0 Å². The van der Waals surface area contributed by atoms with Crippen LogP contribution in [0.5, 0.6) is 0 Å². The van der Waals surface area contributed by atoms with Gasteiger partial charge in [-0.3, -0.25) is 4.90 Å². The van der Waals surface area contributed by atoms with Crippen molar-refractivity contribution < 1.29 is 4.79 Å². The number of hydrogen-bond donors (Lipinski definition) is 1. The summed E-state index contributed by atoms with van der Waals surface area (Å²) in [5, 5.41) is 3.25. The van der Waals surface area contributed by atoms with Crippen molar-refractivity contribution in [1.82, 2.24) is 10.2 Å². The number of para-hydroxylation sites is 1. The lowest BCUT2D eigenvalue weighted by Crippen LogP contribution is -2.51. The maximum Gasteiger partial charge on any atom is 0.324 e. The fourth-order valence-electron chi connectivity index (χ4n) is 2.06. The van der Waals surface area contributed by atoms with Gasteiger partial charge in [-0.2, -0.15) is 0 Å². The lowest BCUT2D eigenvalue weighted by Gasteiger charge is -2.32. The fraction of sp³-hybridized carbons (Fsp3) is 0.462. The van der Waals surface area contributed by atoms with Gasteiger partial charge in [-0.25, -0.2) is 4.79 Å². The summed E-state index contributed by atoms with van der Waals surface area (Å²) in [6, 6.07) is 9.95. The van der Waals surface area contributed by atoms with Crippen molar-refractivity contribution in [1.29, 1.82) is 0 Å². The van der Waals surface area contributed by atoms with E-state index in [1.807, 2.05) is 47.1 Å². The van der Waals surface area contributed by atoms with E-state index in [4.69, 9.17) is 0 Å². The van der Waals surface area contributed by atoms with E-state index in [2.05, 4.69) is 5.32 Å². The molecule has 0 aromatic heterocycles. The molecule has 92 valence electrons. The van der Waals surface area contributed by atoms with Crippen molar-refractivity contribution in [2.24, 2.45) is 0 Å². The minimum absolute atomic E-state index is 0.111. The number of nitrogens with zero attached hydrogens (tertiary/aromatic N) is 2. The van der Waals surface area contributed by atoms with Crippen LogP contribution in [0, 0.1) is 0 Å². The van der Waals surface area contributed by atoms with E-state index in [9.17, 15) is 4.79 Å². The smallest absolute Gasteiger partial charge is 0.322 e.